The van der Waals surface area contributed by atoms with Crippen LogP contribution < -0.4 is 14.2 Å². The van der Waals surface area contributed by atoms with E-state index in [9.17, 15) is 9.59 Å². The third kappa shape index (κ3) is 3.54. The number of Topliss-reactive ketones (excluding diaryl/α,β-unsaturated/α-hetero) is 1. The lowest BCUT2D eigenvalue weighted by Gasteiger charge is -2.12. The van der Waals surface area contributed by atoms with E-state index in [0.29, 0.717) is 17.1 Å². The van der Waals surface area contributed by atoms with Gasteiger partial charge in [-0.05, 0) is 42.8 Å². The second kappa shape index (κ2) is 7.31. The zero-order chi connectivity index (χ0) is 18.7. The van der Waals surface area contributed by atoms with Crippen LogP contribution in [0.4, 0.5) is 0 Å². The molecule has 1 atom stereocenters. The summed E-state index contributed by atoms with van der Waals surface area (Å²) in [5.41, 5.74) is 1.26. The van der Waals surface area contributed by atoms with Gasteiger partial charge in [0.05, 0.1) is 19.8 Å². The molecule has 1 aliphatic heterocycles. The quantitative estimate of drug-likeness (QED) is 0.606. The van der Waals surface area contributed by atoms with Gasteiger partial charge in [-0.25, -0.2) is 4.79 Å². The van der Waals surface area contributed by atoms with E-state index < -0.39 is 12.1 Å². The second-order valence-electron chi connectivity index (χ2n) is 5.65. The molecule has 3 rings (SSSR count). The number of allylic oxidation sites excluding steroid dienone is 1. The summed E-state index contributed by atoms with van der Waals surface area (Å²) >= 11 is 0. The molecule has 6 nitrogen and oxygen atoms in total. The highest BCUT2D eigenvalue weighted by molar-refractivity contribution is 6.14. The van der Waals surface area contributed by atoms with Crippen LogP contribution in [-0.2, 0) is 9.53 Å². The Bertz CT molecular complexity index is 866. The largest absolute Gasteiger partial charge is 0.497 e. The average Bonchev–Trinajstić information content (AvgIpc) is 2.96. The molecular formula is C20H18O6. The first-order chi connectivity index (χ1) is 12.5. The van der Waals surface area contributed by atoms with Crippen molar-refractivity contribution in [1.82, 2.24) is 0 Å². The third-order valence-electron chi connectivity index (χ3n) is 3.90. The average molecular weight is 354 g/mol. The molecule has 0 saturated carbocycles. The fourth-order valence-electron chi connectivity index (χ4n) is 2.51. The Morgan fingerprint density at radius 1 is 1.08 bits per heavy atom. The SMILES string of the molecule is COC(=O)C(C)Oc1ccc2c(c1)O/C(=C\c1ccc(OC)cc1)C2=O. The normalized spacial score (nSPS) is 15.2. The number of carbonyl (C=O) groups excluding carboxylic acids is 2. The molecule has 26 heavy (non-hydrogen) atoms. The Morgan fingerprint density at radius 2 is 1.77 bits per heavy atom. The summed E-state index contributed by atoms with van der Waals surface area (Å²) in [5.74, 6) is 1.08. The van der Waals surface area contributed by atoms with Crippen molar-refractivity contribution in [2.24, 2.45) is 0 Å². The lowest BCUT2D eigenvalue weighted by atomic mass is 10.1. The number of carbonyl (C=O) groups is 2. The lowest BCUT2D eigenvalue weighted by Crippen LogP contribution is -2.24. The van der Waals surface area contributed by atoms with Gasteiger partial charge >= 0.3 is 5.97 Å². The number of esters is 1. The molecule has 1 heterocycles. The molecule has 0 radical (unpaired) electrons. The Balaban J connectivity index is 1.79. The van der Waals surface area contributed by atoms with Crippen LogP contribution in [0, 0.1) is 0 Å². The molecule has 0 bridgehead atoms. The van der Waals surface area contributed by atoms with Gasteiger partial charge in [0.25, 0.3) is 0 Å². The molecule has 0 fully saturated rings. The molecule has 2 aromatic rings. The van der Waals surface area contributed by atoms with Crippen LogP contribution in [0.5, 0.6) is 17.2 Å². The molecule has 1 aliphatic rings. The Morgan fingerprint density at radius 3 is 2.42 bits per heavy atom. The molecule has 0 spiro atoms. The van der Waals surface area contributed by atoms with E-state index in [1.54, 1.807) is 50.4 Å². The van der Waals surface area contributed by atoms with Crippen LogP contribution in [0.2, 0.25) is 0 Å². The minimum atomic E-state index is -0.760. The van der Waals surface area contributed by atoms with E-state index in [1.807, 2.05) is 12.1 Å². The summed E-state index contributed by atoms with van der Waals surface area (Å²) in [5, 5.41) is 0. The van der Waals surface area contributed by atoms with Gasteiger partial charge in [-0.15, -0.1) is 0 Å². The second-order valence-corrected chi connectivity index (χ2v) is 5.65. The van der Waals surface area contributed by atoms with E-state index >= 15 is 0 Å². The number of ketones is 1. The van der Waals surface area contributed by atoms with Crippen molar-refractivity contribution in [3.63, 3.8) is 0 Å². The van der Waals surface area contributed by atoms with E-state index in [4.69, 9.17) is 14.2 Å². The summed E-state index contributed by atoms with van der Waals surface area (Å²) < 4.78 is 20.9. The first kappa shape index (κ1) is 17.5. The summed E-state index contributed by atoms with van der Waals surface area (Å²) in [6, 6.07) is 12.1. The summed E-state index contributed by atoms with van der Waals surface area (Å²) in [7, 11) is 2.89. The number of fused-ring (bicyclic) bond motifs is 1. The maximum atomic E-state index is 12.5. The molecule has 1 unspecified atom stereocenters. The monoisotopic (exact) mass is 354 g/mol. The fourth-order valence-corrected chi connectivity index (χ4v) is 2.51. The van der Waals surface area contributed by atoms with Crippen LogP contribution in [0.1, 0.15) is 22.8 Å². The number of ether oxygens (including phenoxy) is 4. The molecule has 0 aromatic heterocycles. The summed E-state index contributed by atoms with van der Waals surface area (Å²) in [6.07, 6.45) is 0.906. The Labute approximate surface area is 150 Å². The molecule has 0 amide bonds. The maximum Gasteiger partial charge on any atom is 0.346 e. The van der Waals surface area contributed by atoms with Gasteiger partial charge in [0, 0.05) is 6.07 Å². The standard InChI is InChI=1S/C20H18O6/c1-12(20(22)24-3)25-15-8-9-16-17(11-15)26-18(19(16)21)10-13-4-6-14(23-2)7-5-13/h4-12H,1-3H3/b18-10-. The smallest absolute Gasteiger partial charge is 0.346 e. The van der Waals surface area contributed by atoms with Gasteiger partial charge in [0.2, 0.25) is 5.78 Å². The Hall–Kier alpha value is -3.28. The molecule has 6 heteroatoms. The van der Waals surface area contributed by atoms with Crippen LogP contribution >= 0.6 is 0 Å². The number of benzene rings is 2. The van der Waals surface area contributed by atoms with Gasteiger partial charge in [-0.2, -0.15) is 0 Å². The topological polar surface area (TPSA) is 71.1 Å². The van der Waals surface area contributed by atoms with Crippen LogP contribution in [0.15, 0.2) is 48.2 Å². The fraction of sp³-hybridized carbons (Fsp3) is 0.200. The van der Waals surface area contributed by atoms with Crippen molar-refractivity contribution in [2.45, 2.75) is 13.0 Å². The summed E-state index contributed by atoms with van der Waals surface area (Å²) in [4.78, 5) is 23.9. The van der Waals surface area contributed by atoms with Crippen molar-refractivity contribution in [1.29, 1.82) is 0 Å². The van der Waals surface area contributed by atoms with Gasteiger partial charge in [0.1, 0.15) is 17.2 Å². The highest BCUT2D eigenvalue weighted by Gasteiger charge is 2.28. The zero-order valence-corrected chi connectivity index (χ0v) is 14.6. The van der Waals surface area contributed by atoms with Gasteiger partial charge < -0.3 is 18.9 Å². The zero-order valence-electron chi connectivity index (χ0n) is 14.6. The van der Waals surface area contributed by atoms with Gasteiger partial charge in [0.15, 0.2) is 11.9 Å². The van der Waals surface area contributed by atoms with Crippen molar-refractivity contribution in [3.05, 3.63) is 59.4 Å². The van der Waals surface area contributed by atoms with Gasteiger partial charge in [-0.1, -0.05) is 12.1 Å². The van der Waals surface area contributed by atoms with Crippen molar-refractivity contribution in [2.75, 3.05) is 14.2 Å². The summed E-state index contributed by atoms with van der Waals surface area (Å²) in [6.45, 7) is 1.58. The van der Waals surface area contributed by atoms with Crippen LogP contribution in [0.3, 0.4) is 0 Å². The number of hydrogen-bond donors (Lipinski definition) is 0. The molecule has 2 aromatic carbocycles. The third-order valence-corrected chi connectivity index (χ3v) is 3.90. The predicted molar refractivity (Wildman–Crippen MR) is 94.5 cm³/mol. The minimum Gasteiger partial charge on any atom is -0.497 e. The molecule has 0 saturated heterocycles. The predicted octanol–water partition coefficient (Wildman–Crippen LogP) is 3.25. The van der Waals surface area contributed by atoms with Crippen LogP contribution in [0.25, 0.3) is 6.08 Å². The van der Waals surface area contributed by atoms with Crippen molar-refractivity contribution >= 4 is 17.8 Å². The van der Waals surface area contributed by atoms with E-state index in [1.165, 1.54) is 7.11 Å². The van der Waals surface area contributed by atoms with Crippen molar-refractivity contribution in [3.8, 4) is 17.2 Å². The Kier molecular flexibility index (Phi) is 4.93. The molecular weight excluding hydrogens is 336 g/mol. The minimum absolute atomic E-state index is 0.205. The highest BCUT2D eigenvalue weighted by atomic mass is 16.6. The first-order valence-electron chi connectivity index (χ1n) is 7.98. The molecule has 0 aliphatic carbocycles. The molecule has 0 N–H and O–H groups in total. The molecule has 134 valence electrons. The van der Waals surface area contributed by atoms with Crippen molar-refractivity contribution < 1.29 is 28.5 Å². The number of methoxy groups -OCH3 is 2. The van der Waals surface area contributed by atoms with E-state index in [0.717, 1.165) is 11.3 Å². The highest BCUT2D eigenvalue weighted by Crippen LogP contribution is 2.35. The first-order valence-corrected chi connectivity index (χ1v) is 7.98. The van der Waals surface area contributed by atoms with E-state index in [-0.39, 0.29) is 11.5 Å². The number of rotatable bonds is 5. The number of hydrogen-bond acceptors (Lipinski definition) is 6. The lowest BCUT2D eigenvalue weighted by molar-refractivity contribution is -0.147. The van der Waals surface area contributed by atoms with E-state index in [2.05, 4.69) is 4.74 Å². The van der Waals surface area contributed by atoms with Crippen LogP contribution in [-0.4, -0.2) is 32.1 Å². The maximum absolute atomic E-state index is 12.5. The van der Waals surface area contributed by atoms with Gasteiger partial charge in [-0.3, -0.25) is 4.79 Å².